The highest BCUT2D eigenvalue weighted by Gasteiger charge is 2.24. The number of likely N-dealkylation sites (tertiary alicyclic amines) is 1. The zero-order valence-corrected chi connectivity index (χ0v) is 11.7. The highest BCUT2D eigenvalue weighted by molar-refractivity contribution is 7.17. The van der Waals surface area contributed by atoms with Gasteiger partial charge in [0.1, 0.15) is 0 Å². The smallest absolute Gasteiger partial charge is 0.0346 e. The SMILES string of the molecule is CNCC1CCCN1Cc1csc2ccccc12. The molecule has 3 rings (SSSR count). The predicted molar refractivity (Wildman–Crippen MR) is 79.2 cm³/mol. The number of hydrogen-bond donors (Lipinski definition) is 1. The molecule has 2 heterocycles. The first-order valence-corrected chi connectivity index (χ1v) is 7.60. The van der Waals surface area contributed by atoms with Crippen LogP contribution in [0.2, 0.25) is 0 Å². The maximum atomic E-state index is 3.32. The molecule has 0 amide bonds. The number of likely N-dealkylation sites (N-methyl/N-ethyl adjacent to an activating group) is 1. The van der Waals surface area contributed by atoms with Crippen molar-refractivity contribution in [1.29, 1.82) is 0 Å². The zero-order valence-electron chi connectivity index (χ0n) is 10.9. The van der Waals surface area contributed by atoms with Crippen LogP contribution >= 0.6 is 11.3 Å². The van der Waals surface area contributed by atoms with Crippen molar-refractivity contribution in [3.63, 3.8) is 0 Å². The Hall–Kier alpha value is -0.900. The molecular formula is C15H20N2S. The fraction of sp³-hybridized carbons (Fsp3) is 0.467. The van der Waals surface area contributed by atoms with Gasteiger partial charge in [-0.25, -0.2) is 0 Å². The maximum Gasteiger partial charge on any atom is 0.0346 e. The lowest BCUT2D eigenvalue weighted by Gasteiger charge is -2.23. The first-order valence-electron chi connectivity index (χ1n) is 6.72. The van der Waals surface area contributed by atoms with Crippen LogP contribution in [0.15, 0.2) is 29.6 Å². The number of benzene rings is 1. The average molecular weight is 260 g/mol. The molecule has 1 N–H and O–H groups in total. The molecule has 0 saturated carbocycles. The van der Waals surface area contributed by atoms with Crippen molar-refractivity contribution < 1.29 is 0 Å². The van der Waals surface area contributed by atoms with Crippen LogP contribution in [0.25, 0.3) is 10.1 Å². The number of hydrogen-bond acceptors (Lipinski definition) is 3. The van der Waals surface area contributed by atoms with Gasteiger partial charge in [-0.15, -0.1) is 11.3 Å². The van der Waals surface area contributed by atoms with Gasteiger partial charge in [-0.3, -0.25) is 4.90 Å². The summed E-state index contributed by atoms with van der Waals surface area (Å²) in [5.74, 6) is 0. The molecule has 1 aliphatic heterocycles. The molecule has 1 aromatic carbocycles. The largest absolute Gasteiger partial charge is 0.318 e. The summed E-state index contributed by atoms with van der Waals surface area (Å²) in [5, 5.41) is 7.09. The Morgan fingerprint density at radius 3 is 3.17 bits per heavy atom. The van der Waals surface area contributed by atoms with Crippen LogP contribution in [-0.2, 0) is 6.54 Å². The summed E-state index contributed by atoms with van der Waals surface area (Å²) < 4.78 is 1.41. The van der Waals surface area contributed by atoms with E-state index in [1.165, 1.54) is 35.0 Å². The lowest BCUT2D eigenvalue weighted by Crippen LogP contribution is -2.36. The van der Waals surface area contributed by atoms with Crippen molar-refractivity contribution in [2.75, 3.05) is 20.1 Å². The number of thiophene rings is 1. The molecule has 0 spiro atoms. The average Bonchev–Trinajstić information content (AvgIpc) is 2.99. The monoisotopic (exact) mass is 260 g/mol. The van der Waals surface area contributed by atoms with Gasteiger partial charge in [-0.05, 0) is 48.8 Å². The van der Waals surface area contributed by atoms with Crippen LogP contribution < -0.4 is 5.32 Å². The van der Waals surface area contributed by atoms with Crippen LogP contribution in [0.4, 0.5) is 0 Å². The highest BCUT2D eigenvalue weighted by atomic mass is 32.1. The third-order valence-corrected chi connectivity index (χ3v) is 4.89. The molecule has 1 unspecified atom stereocenters. The summed E-state index contributed by atoms with van der Waals surface area (Å²) in [4.78, 5) is 2.63. The minimum Gasteiger partial charge on any atom is -0.318 e. The summed E-state index contributed by atoms with van der Waals surface area (Å²) in [7, 11) is 2.05. The molecule has 1 fully saturated rings. The topological polar surface area (TPSA) is 15.3 Å². The molecule has 2 aromatic rings. The molecule has 2 nitrogen and oxygen atoms in total. The first kappa shape index (κ1) is 12.2. The Morgan fingerprint density at radius 1 is 1.39 bits per heavy atom. The van der Waals surface area contributed by atoms with Crippen LogP contribution in [0.1, 0.15) is 18.4 Å². The van der Waals surface area contributed by atoms with E-state index >= 15 is 0 Å². The van der Waals surface area contributed by atoms with Gasteiger partial charge in [0, 0.05) is 23.8 Å². The lowest BCUT2D eigenvalue weighted by atomic mass is 10.1. The van der Waals surface area contributed by atoms with Gasteiger partial charge in [0.25, 0.3) is 0 Å². The van der Waals surface area contributed by atoms with E-state index in [9.17, 15) is 0 Å². The second kappa shape index (κ2) is 5.39. The summed E-state index contributed by atoms with van der Waals surface area (Å²) in [6.07, 6.45) is 2.68. The zero-order chi connectivity index (χ0) is 12.4. The molecule has 1 aromatic heterocycles. The third kappa shape index (κ3) is 2.30. The summed E-state index contributed by atoms with van der Waals surface area (Å²) in [5.41, 5.74) is 1.50. The first-order chi connectivity index (χ1) is 8.88. The van der Waals surface area contributed by atoms with Crippen molar-refractivity contribution in [2.24, 2.45) is 0 Å². The number of nitrogens with one attached hydrogen (secondary N) is 1. The van der Waals surface area contributed by atoms with Crippen LogP contribution in [0.5, 0.6) is 0 Å². The molecule has 1 saturated heterocycles. The van der Waals surface area contributed by atoms with E-state index in [4.69, 9.17) is 0 Å². The number of nitrogens with zero attached hydrogens (tertiary/aromatic N) is 1. The van der Waals surface area contributed by atoms with Gasteiger partial charge < -0.3 is 5.32 Å². The van der Waals surface area contributed by atoms with E-state index in [1.54, 1.807) is 0 Å². The lowest BCUT2D eigenvalue weighted by molar-refractivity contribution is 0.243. The minimum absolute atomic E-state index is 0.716. The molecule has 1 atom stereocenters. The van der Waals surface area contributed by atoms with E-state index in [1.807, 2.05) is 11.3 Å². The Bertz CT molecular complexity index is 520. The summed E-state index contributed by atoms with van der Waals surface area (Å²) in [6, 6.07) is 9.47. The Kier molecular flexibility index (Phi) is 3.64. The van der Waals surface area contributed by atoms with Crippen LogP contribution in [-0.4, -0.2) is 31.1 Å². The summed E-state index contributed by atoms with van der Waals surface area (Å²) >= 11 is 1.87. The van der Waals surface area contributed by atoms with Gasteiger partial charge >= 0.3 is 0 Å². The Morgan fingerprint density at radius 2 is 2.28 bits per heavy atom. The maximum absolute atomic E-state index is 3.32. The van der Waals surface area contributed by atoms with Crippen LogP contribution in [0, 0.1) is 0 Å². The fourth-order valence-corrected chi connectivity index (χ4v) is 3.90. The molecule has 96 valence electrons. The van der Waals surface area contributed by atoms with Gasteiger partial charge in [0.05, 0.1) is 0 Å². The standard InChI is InChI=1S/C15H20N2S/c1-16-9-13-5-4-8-17(13)10-12-11-18-15-7-3-2-6-14(12)15/h2-3,6-7,11,13,16H,4-5,8-10H2,1H3. The molecule has 1 aliphatic rings. The Balaban J connectivity index is 1.79. The van der Waals surface area contributed by atoms with E-state index in [0.29, 0.717) is 6.04 Å². The van der Waals surface area contributed by atoms with Crippen LogP contribution in [0.3, 0.4) is 0 Å². The second-order valence-corrected chi connectivity index (χ2v) is 5.99. The molecule has 3 heteroatoms. The van der Waals surface area contributed by atoms with E-state index < -0.39 is 0 Å². The minimum atomic E-state index is 0.716. The van der Waals surface area contributed by atoms with Gasteiger partial charge in [-0.1, -0.05) is 18.2 Å². The number of fused-ring (bicyclic) bond motifs is 1. The van der Waals surface area contributed by atoms with Crippen molar-refractivity contribution in [3.8, 4) is 0 Å². The van der Waals surface area contributed by atoms with Crippen molar-refractivity contribution in [1.82, 2.24) is 10.2 Å². The highest BCUT2D eigenvalue weighted by Crippen LogP contribution is 2.28. The van der Waals surface area contributed by atoms with Crippen molar-refractivity contribution >= 4 is 21.4 Å². The molecule has 18 heavy (non-hydrogen) atoms. The number of rotatable bonds is 4. The quantitative estimate of drug-likeness (QED) is 0.909. The normalized spacial score (nSPS) is 20.8. The van der Waals surface area contributed by atoms with E-state index in [2.05, 4.69) is 46.9 Å². The van der Waals surface area contributed by atoms with Crippen molar-refractivity contribution in [2.45, 2.75) is 25.4 Å². The second-order valence-electron chi connectivity index (χ2n) is 5.08. The third-order valence-electron chi connectivity index (χ3n) is 3.87. The van der Waals surface area contributed by atoms with Gasteiger partial charge in [0.15, 0.2) is 0 Å². The molecular weight excluding hydrogens is 240 g/mol. The molecule has 0 bridgehead atoms. The van der Waals surface area contributed by atoms with Crippen molar-refractivity contribution in [3.05, 3.63) is 35.2 Å². The predicted octanol–water partition coefficient (Wildman–Crippen LogP) is 3.09. The fourth-order valence-electron chi connectivity index (χ4n) is 2.94. The van der Waals surface area contributed by atoms with E-state index in [-0.39, 0.29) is 0 Å². The van der Waals surface area contributed by atoms with Gasteiger partial charge in [-0.2, -0.15) is 0 Å². The Labute approximate surface area is 113 Å². The molecule has 0 aliphatic carbocycles. The summed E-state index contributed by atoms with van der Waals surface area (Å²) in [6.45, 7) is 3.47. The van der Waals surface area contributed by atoms with E-state index in [0.717, 1.165) is 13.1 Å². The molecule has 0 radical (unpaired) electrons. The van der Waals surface area contributed by atoms with Gasteiger partial charge in [0.2, 0.25) is 0 Å².